The molecule has 188 valence electrons. The van der Waals surface area contributed by atoms with Crippen molar-refractivity contribution in [2.45, 2.75) is 19.9 Å². The third-order valence-corrected chi connectivity index (χ3v) is 7.18. The summed E-state index contributed by atoms with van der Waals surface area (Å²) in [4.78, 5) is 32.9. The number of halogens is 1. The highest BCUT2D eigenvalue weighted by atomic mass is 35.5. The quantitative estimate of drug-likeness (QED) is 0.168. The second kappa shape index (κ2) is 10.2. The van der Waals surface area contributed by atoms with E-state index < -0.39 is 17.7 Å². The Morgan fingerprint density at radius 3 is 2.41 bits per heavy atom. The molecule has 1 aromatic heterocycles. The van der Waals surface area contributed by atoms with Crippen LogP contribution in [0.2, 0.25) is 5.02 Å². The van der Waals surface area contributed by atoms with Crippen molar-refractivity contribution in [2.24, 2.45) is 0 Å². The number of fused-ring (bicyclic) bond motifs is 1. The van der Waals surface area contributed by atoms with E-state index in [1.165, 1.54) is 16.2 Å². The predicted molar refractivity (Wildman–Crippen MR) is 145 cm³/mol. The minimum absolute atomic E-state index is 0.0322. The van der Waals surface area contributed by atoms with Gasteiger partial charge in [-0.2, -0.15) is 0 Å². The number of carbonyl (C=O) groups excluding carboxylic acids is 2. The van der Waals surface area contributed by atoms with Crippen molar-refractivity contribution in [3.63, 3.8) is 0 Å². The largest absolute Gasteiger partial charge is 0.507 e. The third-order valence-electron chi connectivity index (χ3n) is 5.91. The predicted octanol–water partition coefficient (Wildman–Crippen LogP) is 6.37. The SMILES string of the molecule is CCOc1cccc(C2/C(=C(\O)c3ccc(Cl)cc3)C(=O)C(=O)N2c2nc3ccc(OCC)cc3s2)c1. The van der Waals surface area contributed by atoms with Crippen molar-refractivity contribution in [1.82, 2.24) is 4.98 Å². The van der Waals surface area contributed by atoms with Crippen LogP contribution in [-0.4, -0.2) is 35.0 Å². The molecule has 7 nitrogen and oxygen atoms in total. The van der Waals surface area contributed by atoms with E-state index in [9.17, 15) is 14.7 Å². The summed E-state index contributed by atoms with van der Waals surface area (Å²) < 4.78 is 12.1. The number of Topliss-reactive ketones (excluding diaryl/α,β-unsaturated/α-hetero) is 1. The lowest BCUT2D eigenvalue weighted by molar-refractivity contribution is -0.132. The molecular weight excluding hydrogens is 512 g/mol. The molecule has 0 bridgehead atoms. The average molecular weight is 535 g/mol. The second-order valence-corrected chi connectivity index (χ2v) is 9.69. The van der Waals surface area contributed by atoms with Crippen molar-refractivity contribution < 1.29 is 24.2 Å². The number of hydrogen-bond acceptors (Lipinski definition) is 7. The summed E-state index contributed by atoms with van der Waals surface area (Å²) in [7, 11) is 0. The number of hydrogen-bond donors (Lipinski definition) is 1. The summed E-state index contributed by atoms with van der Waals surface area (Å²) in [6, 6.07) is 18.1. The Balaban J connectivity index is 1.69. The number of anilines is 1. The van der Waals surface area contributed by atoms with Crippen LogP contribution in [0.1, 0.15) is 31.0 Å². The second-order valence-electron chi connectivity index (χ2n) is 8.24. The standard InChI is InChI=1S/C28H23ClN2O5S/c1-3-35-19-7-5-6-17(14-19)24-23(25(32)16-8-10-18(29)11-9-16)26(33)27(34)31(24)28-30-21-13-12-20(36-4-2)15-22(21)37-28/h5-15,24,32H,3-4H2,1-2H3/b25-23+. The summed E-state index contributed by atoms with van der Waals surface area (Å²) >= 11 is 7.29. The molecule has 9 heteroatoms. The number of ether oxygens (including phenoxy) is 2. The molecule has 0 aliphatic carbocycles. The molecule has 0 saturated carbocycles. The van der Waals surface area contributed by atoms with E-state index in [0.29, 0.717) is 51.5 Å². The van der Waals surface area contributed by atoms with E-state index in [-0.39, 0.29) is 11.3 Å². The van der Waals surface area contributed by atoms with Crippen molar-refractivity contribution in [2.75, 3.05) is 18.1 Å². The summed E-state index contributed by atoms with van der Waals surface area (Å²) in [5, 5.41) is 12.1. The van der Waals surface area contributed by atoms with E-state index in [4.69, 9.17) is 21.1 Å². The first-order valence-corrected chi connectivity index (χ1v) is 12.9. The highest BCUT2D eigenvalue weighted by Gasteiger charge is 2.48. The first kappa shape index (κ1) is 24.8. The Bertz CT molecular complexity index is 1530. The number of aliphatic hydroxyl groups excluding tert-OH is 1. The van der Waals surface area contributed by atoms with E-state index in [2.05, 4.69) is 4.98 Å². The fraction of sp³-hybridized carbons (Fsp3) is 0.179. The van der Waals surface area contributed by atoms with Crippen molar-refractivity contribution in [1.29, 1.82) is 0 Å². The maximum Gasteiger partial charge on any atom is 0.301 e. The van der Waals surface area contributed by atoms with Gasteiger partial charge in [0.15, 0.2) is 5.13 Å². The highest BCUT2D eigenvalue weighted by Crippen LogP contribution is 2.45. The Labute approximate surface area is 222 Å². The molecule has 2 heterocycles. The van der Waals surface area contributed by atoms with Gasteiger partial charge in [-0.1, -0.05) is 35.1 Å². The number of aromatic nitrogens is 1. The fourth-order valence-electron chi connectivity index (χ4n) is 4.30. The van der Waals surface area contributed by atoms with Gasteiger partial charge in [-0.15, -0.1) is 0 Å². The van der Waals surface area contributed by atoms with Crippen molar-refractivity contribution >= 4 is 55.7 Å². The molecular formula is C28H23ClN2O5S. The first-order chi connectivity index (χ1) is 17.9. The number of thiazole rings is 1. The van der Waals surface area contributed by atoms with Crippen LogP contribution in [0.15, 0.2) is 72.3 Å². The molecule has 1 fully saturated rings. The van der Waals surface area contributed by atoms with Crippen LogP contribution in [0.4, 0.5) is 5.13 Å². The lowest BCUT2D eigenvalue weighted by atomic mass is 9.95. The molecule has 1 N–H and O–H groups in total. The Hall–Kier alpha value is -3.88. The van der Waals surface area contributed by atoms with Gasteiger partial charge in [0.25, 0.3) is 5.78 Å². The van der Waals surface area contributed by atoms with Gasteiger partial charge in [-0.25, -0.2) is 4.98 Å². The van der Waals surface area contributed by atoms with Crippen LogP contribution < -0.4 is 14.4 Å². The molecule has 1 aliphatic rings. The molecule has 5 rings (SSSR count). The van der Waals surface area contributed by atoms with Crippen LogP contribution in [0.5, 0.6) is 11.5 Å². The number of nitrogens with zero attached hydrogens (tertiary/aromatic N) is 2. The van der Waals surface area contributed by atoms with Gasteiger partial charge in [-0.3, -0.25) is 14.5 Å². The van der Waals surface area contributed by atoms with Gasteiger partial charge >= 0.3 is 5.91 Å². The molecule has 1 amide bonds. The number of benzene rings is 3. The summed E-state index contributed by atoms with van der Waals surface area (Å²) in [6.45, 7) is 4.75. The molecule has 0 spiro atoms. The smallest absolute Gasteiger partial charge is 0.301 e. The van der Waals surface area contributed by atoms with Crippen LogP contribution in [0, 0.1) is 0 Å². The molecule has 37 heavy (non-hydrogen) atoms. The minimum atomic E-state index is -0.914. The van der Waals surface area contributed by atoms with Crippen LogP contribution in [-0.2, 0) is 9.59 Å². The lowest BCUT2D eigenvalue weighted by Gasteiger charge is -2.23. The summed E-state index contributed by atoms with van der Waals surface area (Å²) in [6.07, 6.45) is 0. The number of amides is 1. The van der Waals surface area contributed by atoms with Gasteiger partial charge in [0.1, 0.15) is 17.3 Å². The topological polar surface area (TPSA) is 89.0 Å². The monoisotopic (exact) mass is 534 g/mol. The maximum atomic E-state index is 13.5. The Morgan fingerprint density at radius 1 is 1.00 bits per heavy atom. The molecule has 0 radical (unpaired) electrons. The third kappa shape index (κ3) is 4.65. The highest BCUT2D eigenvalue weighted by molar-refractivity contribution is 7.22. The maximum absolute atomic E-state index is 13.5. The van der Waals surface area contributed by atoms with E-state index in [1.807, 2.05) is 32.0 Å². The van der Waals surface area contributed by atoms with Gasteiger partial charge < -0.3 is 14.6 Å². The molecule has 3 aromatic carbocycles. The van der Waals surface area contributed by atoms with E-state index in [0.717, 1.165) is 4.70 Å². The van der Waals surface area contributed by atoms with Crippen molar-refractivity contribution in [3.05, 3.63) is 88.5 Å². The van der Waals surface area contributed by atoms with E-state index in [1.54, 1.807) is 48.5 Å². The van der Waals surface area contributed by atoms with Crippen LogP contribution >= 0.6 is 22.9 Å². The fourth-order valence-corrected chi connectivity index (χ4v) is 5.45. The molecule has 1 aliphatic heterocycles. The number of ketones is 1. The molecule has 4 aromatic rings. The van der Waals surface area contributed by atoms with Crippen molar-refractivity contribution in [3.8, 4) is 11.5 Å². The molecule has 1 saturated heterocycles. The van der Waals surface area contributed by atoms with E-state index >= 15 is 0 Å². The number of carbonyl (C=O) groups is 2. The summed E-state index contributed by atoms with van der Waals surface area (Å²) in [5.74, 6) is -0.581. The summed E-state index contributed by atoms with van der Waals surface area (Å²) in [5.41, 5.74) is 1.62. The normalized spacial score (nSPS) is 16.9. The van der Waals surface area contributed by atoms with Gasteiger partial charge in [0.05, 0.1) is 35.0 Å². The number of aliphatic hydroxyl groups is 1. The zero-order valence-corrected chi connectivity index (χ0v) is 21.7. The van der Waals surface area contributed by atoms with Crippen LogP contribution in [0.3, 0.4) is 0 Å². The van der Waals surface area contributed by atoms with Gasteiger partial charge in [0, 0.05) is 10.6 Å². The van der Waals surface area contributed by atoms with Crippen LogP contribution in [0.25, 0.3) is 16.0 Å². The minimum Gasteiger partial charge on any atom is -0.507 e. The first-order valence-electron chi connectivity index (χ1n) is 11.7. The zero-order chi connectivity index (χ0) is 26.1. The van der Waals surface area contributed by atoms with Gasteiger partial charge in [-0.05, 0) is 74.0 Å². The van der Waals surface area contributed by atoms with Gasteiger partial charge in [0.2, 0.25) is 0 Å². The number of rotatable bonds is 7. The lowest BCUT2D eigenvalue weighted by Crippen LogP contribution is -2.29. The molecule has 1 atom stereocenters. The Morgan fingerprint density at radius 2 is 1.70 bits per heavy atom. The average Bonchev–Trinajstić information content (AvgIpc) is 3.42. The Kier molecular flexibility index (Phi) is 6.86. The zero-order valence-electron chi connectivity index (χ0n) is 20.1. The molecule has 1 unspecified atom stereocenters.